The van der Waals surface area contributed by atoms with Crippen LogP contribution in [0.4, 0.5) is 0 Å². The van der Waals surface area contributed by atoms with E-state index in [0.717, 1.165) is 31.4 Å². The van der Waals surface area contributed by atoms with Crippen LogP contribution in [0.2, 0.25) is 0 Å². The molecule has 1 atom stereocenters. The predicted octanol–water partition coefficient (Wildman–Crippen LogP) is 1.88. The van der Waals surface area contributed by atoms with Gasteiger partial charge in [-0.05, 0) is 38.8 Å². The molecule has 1 saturated heterocycles. The van der Waals surface area contributed by atoms with Crippen molar-refractivity contribution < 1.29 is 9.59 Å². The molecule has 0 radical (unpaired) electrons. The van der Waals surface area contributed by atoms with Gasteiger partial charge in [0.25, 0.3) is 0 Å². The highest BCUT2D eigenvalue weighted by Gasteiger charge is 2.64. The highest BCUT2D eigenvalue weighted by molar-refractivity contribution is 6.02. The van der Waals surface area contributed by atoms with Gasteiger partial charge in [-0.2, -0.15) is 0 Å². The largest absolute Gasteiger partial charge is 0.349 e. The molecule has 22 heavy (non-hydrogen) atoms. The maximum atomic E-state index is 12.7. The summed E-state index contributed by atoms with van der Waals surface area (Å²) in [5.41, 5.74) is 0.399. The second-order valence-electron chi connectivity index (χ2n) is 6.61. The van der Waals surface area contributed by atoms with Crippen LogP contribution in [0.25, 0.3) is 0 Å². The second kappa shape index (κ2) is 5.71. The minimum atomic E-state index is -0.432. The number of aromatic nitrogens is 1. The standard InChI is InChI=1S/C17H23N3O2/c1-12(2)20-14(17(16(20)22)8-4-5-9-17)15(21)19-11-13-7-3-6-10-18-13/h3,6-7,10,12,14H,4-5,8-9,11H2,1-2H3,(H,19,21). The molecule has 1 aromatic rings. The first-order chi connectivity index (χ1) is 10.6. The third kappa shape index (κ3) is 2.28. The summed E-state index contributed by atoms with van der Waals surface area (Å²) in [7, 11) is 0. The van der Waals surface area contributed by atoms with Crippen LogP contribution in [-0.2, 0) is 16.1 Å². The summed E-state index contributed by atoms with van der Waals surface area (Å²) in [6, 6.07) is 5.39. The van der Waals surface area contributed by atoms with Gasteiger partial charge in [-0.1, -0.05) is 18.9 Å². The zero-order valence-electron chi connectivity index (χ0n) is 13.2. The summed E-state index contributed by atoms with van der Waals surface area (Å²) in [6.45, 7) is 4.35. The summed E-state index contributed by atoms with van der Waals surface area (Å²) in [6.07, 6.45) is 5.49. The highest BCUT2D eigenvalue weighted by Crippen LogP contribution is 2.52. The van der Waals surface area contributed by atoms with E-state index in [1.54, 1.807) is 11.1 Å². The van der Waals surface area contributed by atoms with E-state index < -0.39 is 5.41 Å². The van der Waals surface area contributed by atoms with Crippen LogP contribution < -0.4 is 5.32 Å². The Bertz CT molecular complexity index is 565. The first-order valence-electron chi connectivity index (χ1n) is 8.06. The molecule has 2 fully saturated rings. The second-order valence-corrected chi connectivity index (χ2v) is 6.61. The maximum Gasteiger partial charge on any atom is 0.244 e. The van der Waals surface area contributed by atoms with Gasteiger partial charge in [0.2, 0.25) is 11.8 Å². The third-order valence-electron chi connectivity index (χ3n) is 4.93. The monoisotopic (exact) mass is 301 g/mol. The molecule has 1 saturated carbocycles. The quantitative estimate of drug-likeness (QED) is 0.864. The van der Waals surface area contributed by atoms with E-state index in [0.29, 0.717) is 6.54 Å². The van der Waals surface area contributed by atoms with Crippen LogP contribution in [0.5, 0.6) is 0 Å². The summed E-state index contributed by atoms with van der Waals surface area (Å²) in [5.74, 6) is 0.124. The number of nitrogens with one attached hydrogen (secondary N) is 1. The van der Waals surface area contributed by atoms with E-state index in [2.05, 4.69) is 10.3 Å². The van der Waals surface area contributed by atoms with Gasteiger partial charge in [0.1, 0.15) is 6.04 Å². The van der Waals surface area contributed by atoms with Crippen LogP contribution in [0.1, 0.15) is 45.2 Å². The average Bonchev–Trinajstić information content (AvgIpc) is 3.02. The summed E-state index contributed by atoms with van der Waals surface area (Å²) in [4.78, 5) is 31.2. The minimum absolute atomic E-state index is 0.0409. The Balaban J connectivity index is 1.72. The first kappa shape index (κ1) is 15.0. The molecule has 2 aliphatic rings. The third-order valence-corrected chi connectivity index (χ3v) is 4.93. The van der Waals surface area contributed by atoms with Crippen LogP contribution in [0.15, 0.2) is 24.4 Å². The molecule has 1 N–H and O–H groups in total. The molecule has 1 aliphatic heterocycles. The Morgan fingerprint density at radius 2 is 2.14 bits per heavy atom. The van der Waals surface area contributed by atoms with Crippen molar-refractivity contribution in [1.82, 2.24) is 15.2 Å². The Hall–Kier alpha value is -1.91. The topological polar surface area (TPSA) is 62.3 Å². The lowest BCUT2D eigenvalue weighted by atomic mass is 9.68. The van der Waals surface area contributed by atoms with Crippen LogP contribution in [0, 0.1) is 5.41 Å². The van der Waals surface area contributed by atoms with Gasteiger partial charge >= 0.3 is 0 Å². The Morgan fingerprint density at radius 3 is 2.73 bits per heavy atom. The first-order valence-corrected chi connectivity index (χ1v) is 8.06. The lowest BCUT2D eigenvalue weighted by Crippen LogP contribution is -2.74. The fourth-order valence-corrected chi connectivity index (χ4v) is 3.87. The van der Waals surface area contributed by atoms with E-state index in [1.165, 1.54) is 0 Å². The van der Waals surface area contributed by atoms with Crippen LogP contribution in [0.3, 0.4) is 0 Å². The van der Waals surface area contributed by atoms with Gasteiger partial charge in [-0.3, -0.25) is 14.6 Å². The fraction of sp³-hybridized carbons (Fsp3) is 0.588. The summed E-state index contributed by atoms with van der Waals surface area (Å²) in [5, 5.41) is 2.96. The molecule has 2 heterocycles. The molecule has 0 aromatic carbocycles. The number of carbonyl (C=O) groups excluding carboxylic acids is 2. The molecule has 1 unspecified atom stereocenters. The smallest absolute Gasteiger partial charge is 0.244 e. The number of carbonyl (C=O) groups is 2. The zero-order chi connectivity index (χ0) is 15.7. The number of amides is 2. The Labute approximate surface area is 131 Å². The highest BCUT2D eigenvalue weighted by atomic mass is 16.2. The van der Waals surface area contributed by atoms with Crippen molar-refractivity contribution in [2.75, 3.05) is 0 Å². The number of pyridine rings is 1. The molecule has 5 nitrogen and oxygen atoms in total. The van der Waals surface area contributed by atoms with Gasteiger partial charge in [0, 0.05) is 12.2 Å². The van der Waals surface area contributed by atoms with Crippen molar-refractivity contribution in [3.05, 3.63) is 30.1 Å². The van der Waals surface area contributed by atoms with Gasteiger partial charge in [0.15, 0.2) is 0 Å². The van der Waals surface area contributed by atoms with Gasteiger partial charge in [0.05, 0.1) is 17.7 Å². The van der Waals surface area contributed by atoms with E-state index in [9.17, 15) is 9.59 Å². The number of rotatable bonds is 4. The van der Waals surface area contributed by atoms with Crippen molar-refractivity contribution in [2.45, 2.75) is 58.2 Å². The van der Waals surface area contributed by atoms with Crippen molar-refractivity contribution in [3.8, 4) is 0 Å². The number of nitrogens with zero attached hydrogens (tertiary/aromatic N) is 2. The molecule has 2 amide bonds. The Morgan fingerprint density at radius 1 is 1.41 bits per heavy atom. The lowest BCUT2D eigenvalue weighted by molar-refractivity contribution is -0.181. The van der Waals surface area contributed by atoms with Crippen molar-refractivity contribution in [2.24, 2.45) is 5.41 Å². The minimum Gasteiger partial charge on any atom is -0.349 e. The molecular formula is C17H23N3O2. The predicted molar refractivity (Wildman–Crippen MR) is 82.8 cm³/mol. The molecule has 1 aromatic heterocycles. The molecule has 118 valence electrons. The number of β-lactam (4-membered cyclic amide) rings is 1. The van der Waals surface area contributed by atoms with Crippen LogP contribution in [-0.4, -0.2) is 33.8 Å². The maximum absolute atomic E-state index is 12.7. The van der Waals surface area contributed by atoms with Crippen molar-refractivity contribution >= 4 is 11.8 Å². The average molecular weight is 301 g/mol. The normalized spacial score (nSPS) is 23.0. The van der Waals surface area contributed by atoms with Gasteiger partial charge in [-0.15, -0.1) is 0 Å². The molecule has 3 rings (SSSR count). The van der Waals surface area contributed by atoms with E-state index in [4.69, 9.17) is 0 Å². The fourth-order valence-electron chi connectivity index (χ4n) is 3.87. The molecule has 0 bridgehead atoms. The van der Waals surface area contributed by atoms with Crippen molar-refractivity contribution in [3.63, 3.8) is 0 Å². The van der Waals surface area contributed by atoms with E-state index in [1.807, 2.05) is 32.0 Å². The Kier molecular flexibility index (Phi) is 3.89. The molecule has 1 spiro atoms. The molecular weight excluding hydrogens is 278 g/mol. The number of likely N-dealkylation sites (tertiary alicyclic amines) is 1. The number of hydrogen-bond donors (Lipinski definition) is 1. The zero-order valence-corrected chi connectivity index (χ0v) is 13.2. The summed E-state index contributed by atoms with van der Waals surface area (Å²) < 4.78 is 0. The number of hydrogen-bond acceptors (Lipinski definition) is 3. The van der Waals surface area contributed by atoms with E-state index >= 15 is 0 Å². The van der Waals surface area contributed by atoms with Crippen LogP contribution >= 0.6 is 0 Å². The summed E-state index contributed by atoms with van der Waals surface area (Å²) >= 11 is 0. The lowest BCUT2D eigenvalue weighted by Gasteiger charge is -2.55. The SMILES string of the molecule is CC(C)N1C(=O)C2(CCCC2)C1C(=O)NCc1ccccn1. The molecule has 5 heteroatoms. The van der Waals surface area contributed by atoms with Gasteiger partial charge in [-0.25, -0.2) is 0 Å². The van der Waals surface area contributed by atoms with Gasteiger partial charge < -0.3 is 10.2 Å². The van der Waals surface area contributed by atoms with E-state index in [-0.39, 0.29) is 23.9 Å². The van der Waals surface area contributed by atoms with Crippen molar-refractivity contribution in [1.29, 1.82) is 0 Å². The molecule has 1 aliphatic carbocycles.